The molecule has 8 nitrogen and oxygen atoms in total. The van der Waals surface area contributed by atoms with Gasteiger partial charge in [-0.25, -0.2) is 0 Å². The number of nitrogens with one attached hydrogen (secondary N) is 1. The van der Waals surface area contributed by atoms with Crippen molar-refractivity contribution in [2.24, 2.45) is 7.05 Å². The van der Waals surface area contributed by atoms with Crippen LogP contribution in [0.15, 0.2) is 22.7 Å². The van der Waals surface area contributed by atoms with Gasteiger partial charge in [0.05, 0.1) is 11.7 Å². The molecule has 1 atom stereocenters. The molecule has 1 unspecified atom stereocenters. The molecule has 0 saturated carbocycles. The highest BCUT2D eigenvalue weighted by Gasteiger charge is 2.45. The number of carbonyl (C=O) groups is 1. The van der Waals surface area contributed by atoms with Crippen molar-refractivity contribution >= 4 is 17.0 Å². The summed E-state index contributed by atoms with van der Waals surface area (Å²) in [6.07, 6.45) is 3.04. The number of rotatable bonds is 1. The Kier molecular flexibility index (Phi) is 3.42. The molecule has 142 valence electrons. The number of piperidine rings is 1. The number of aryl methyl sites for hydroxylation is 2. The van der Waals surface area contributed by atoms with Gasteiger partial charge in [-0.1, -0.05) is 0 Å². The second-order valence-corrected chi connectivity index (χ2v) is 7.67. The summed E-state index contributed by atoms with van der Waals surface area (Å²) < 4.78 is 13.5. The van der Waals surface area contributed by atoms with Gasteiger partial charge in [0, 0.05) is 51.5 Å². The SMILES string of the molecule is Cc1cc2[nH]c(C(=O)N3CCC4(CC3)CC(O)c3nn(C)cc3O4)cc2o1. The molecule has 0 aromatic carbocycles. The molecule has 2 aliphatic rings. The molecule has 5 rings (SSSR count). The van der Waals surface area contributed by atoms with Crippen molar-refractivity contribution in [3.63, 3.8) is 0 Å². The molecule has 2 N–H and O–H groups in total. The largest absolute Gasteiger partial charge is 0.483 e. The van der Waals surface area contributed by atoms with Crippen molar-refractivity contribution in [1.82, 2.24) is 19.7 Å². The number of H-pyrrole nitrogens is 1. The number of ether oxygens (including phenoxy) is 1. The molecule has 0 aliphatic carbocycles. The van der Waals surface area contributed by atoms with Crippen molar-refractivity contribution in [3.05, 3.63) is 35.5 Å². The minimum absolute atomic E-state index is 0.0349. The lowest BCUT2D eigenvalue weighted by Gasteiger charge is -2.44. The first-order valence-electron chi connectivity index (χ1n) is 9.21. The Labute approximate surface area is 155 Å². The van der Waals surface area contributed by atoms with Gasteiger partial charge in [0.1, 0.15) is 28.9 Å². The highest BCUT2D eigenvalue weighted by atomic mass is 16.5. The summed E-state index contributed by atoms with van der Waals surface area (Å²) in [5, 5.41) is 14.8. The quantitative estimate of drug-likeness (QED) is 0.685. The second-order valence-electron chi connectivity index (χ2n) is 7.67. The van der Waals surface area contributed by atoms with E-state index in [1.165, 1.54) is 0 Å². The number of aromatic nitrogens is 3. The van der Waals surface area contributed by atoms with Crippen LogP contribution in [0.1, 0.15) is 47.3 Å². The zero-order valence-corrected chi connectivity index (χ0v) is 15.4. The Morgan fingerprint density at radius 2 is 2.15 bits per heavy atom. The number of likely N-dealkylation sites (tertiary alicyclic amines) is 1. The maximum Gasteiger partial charge on any atom is 0.270 e. The van der Waals surface area contributed by atoms with Crippen LogP contribution in [-0.2, 0) is 7.05 Å². The molecule has 3 aromatic rings. The topological polar surface area (TPSA) is 96.5 Å². The van der Waals surface area contributed by atoms with Crippen molar-refractivity contribution in [2.45, 2.75) is 37.9 Å². The Balaban J connectivity index is 1.31. The number of carbonyl (C=O) groups excluding carboxylic acids is 1. The van der Waals surface area contributed by atoms with Crippen LogP contribution in [0.2, 0.25) is 0 Å². The summed E-state index contributed by atoms with van der Waals surface area (Å²) in [5.41, 5.74) is 2.25. The second kappa shape index (κ2) is 5.63. The van der Waals surface area contributed by atoms with E-state index in [9.17, 15) is 9.90 Å². The van der Waals surface area contributed by atoms with Crippen LogP contribution in [0, 0.1) is 6.92 Å². The standard InChI is InChI=1S/C19H22N4O4/c1-11-7-12-15(26-11)8-13(20-12)18(25)23-5-3-19(4-6-23)9-14(24)17-16(27-19)10-22(2)21-17/h7-8,10,14,20,24H,3-6,9H2,1-2H3. The number of fused-ring (bicyclic) bond motifs is 2. The maximum absolute atomic E-state index is 12.8. The van der Waals surface area contributed by atoms with E-state index >= 15 is 0 Å². The van der Waals surface area contributed by atoms with E-state index in [4.69, 9.17) is 9.15 Å². The predicted octanol–water partition coefficient (Wildman–Crippen LogP) is 2.29. The van der Waals surface area contributed by atoms with E-state index in [0.29, 0.717) is 55.1 Å². The highest BCUT2D eigenvalue weighted by Crippen LogP contribution is 2.43. The molecule has 1 amide bonds. The number of furan rings is 1. The predicted molar refractivity (Wildman–Crippen MR) is 96.6 cm³/mol. The summed E-state index contributed by atoms with van der Waals surface area (Å²) in [6.45, 7) is 3.05. The number of hydrogen-bond acceptors (Lipinski definition) is 5. The zero-order chi connectivity index (χ0) is 18.8. The van der Waals surface area contributed by atoms with Gasteiger partial charge in [0.2, 0.25) is 0 Å². The van der Waals surface area contributed by atoms with E-state index < -0.39 is 11.7 Å². The number of hydrogen-bond donors (Lipinski definition) is 2. The summed E-state index contributed by atoms with van der Waals surface area (Å²) in [7, 11) is 1.82. The minimum Gasteiger partial charge on any atom is -0.483 e. The van der Waals surface area contributed by atoms with Gasteiger partial charge >= 0.3 is 0 Å². The first kappa shape index (κ1) is 16.4. The first-order valence-corrected chi connectivity index (χ1v) is 9.21. The van der Waals surface area contributed by atoms with Crippen LogP contribution in [-0.4, -0.2) is 49.4 Å². The van der Waals surface area contributed by atoms with Crippen molar-refractivity contribution < 1.29 is 19.1 Å². The molecule has 1 fully saturated rings. The lowest BCUT2D eigenvalue weighted by Crippen LogP contribution is -2.51. The molecule has 3 aromatic heterocycles. The van der Waals surface area contributed by atoms with E-state index in [0.717, 1.165) is 11.3 Å². The number of aliphatic hydroxyl groups excluding tert-OH is 1. The average Bonchev–Trinajstić information content (AvgIpc) is 3.27. The fourth-order valence-corrected chi connectivity index (χ4v) is 4.28. The van der Waals surface area contributed by atoms with Gasteiger partial charge in [-0.3, -0.25) is 9.48 Å². The minimum atomic E-state index is -0.629. The van der Waals surface area contributed by atoms with Crippen LogP contribution in [0.25, 0.3) is 11.1 Å². The Morgan fingerprint density at radius 1 is 1.37 bits per heavy atom. The molecule has 8 heteroatoms. The molecular weight excluding hydrogens is 348 g/mol. The molecule has 1 saturated heterocycles. The molecule has 27 heavy (non-hydrogen) atoms. The van der Waals surface area contributed by atoms with Crippen molar-refractivity contribution in [1.29, 1.82) is 0 Å². The molecule has 2 aliphatic heterocycles. The number of aromatic amines is 1. The Morgan fingerprint density at radius 3 is 2.89 bits per heavy atom. The van der Waals surface area contributed by atoms with Crippen LogP contribution in [0.4, 0.5) is 0 Å². The molecular formula is C19H22N4O4. The summed E-state index contributed by atoms with van der Waals surface area (Å²) in [5.74, 6) is 1.43. The Bertz CT molecular complexity index is 991. The summed E-state index contributed by atoms with van der Waals surface area (Å²) >= 11 is 0. The van der Waals surface area contributed by atoms with Gasteiger partial charge in [-0.2, -0.15) is 5.10 Å². The summed E-state index contributed by atoms with van der Waals surface area (Å²) in [6, 6.07) is 3.65. The van der Waals surface area contributed by atoms with Gasteiger partial charge < -0.3 is 24.1 Å². The average molecular weight is 370 g/mol. The third-order valence-electron chi connectivity index (χ3n) is 5.65. The number of amides is 1. The van der Waals surface area contributed by atoms with Crippen LogP contribution < -0.4 is 4.74 Å². The third kappa shape index (κ3) is 2.63. The lowest BCUT2D eigenvalue weighted by atomic mass is 9.83. The van der Waals surface area contributed by atoms with Crippen molar-refractivity contribution in [2.75, 3.05) is 13.1 Å². The van der Waals surface area contributed by atoms with Crippen LogP contribution >= 0.6 is 0 Å². The Hall–Kier alpha value is -2.74. The third-order valence-corrected chi connectivity index (χ3v) is 5.65. The van der Waals surface area contributed by atoms with E-state index in [1.54, 1.807) is 16.9 Å². The number of nitrogens with zero attached hydrogens (tertiary/aromatic N) is 3. The fraction of sp³-hybridized carbons (Fsp3) is 0.474. The normalized spacial score (nSPS) is 21.4. The molecule has 0 radical (unpaired) electrons. The van der Waals surface area contributed by atoms with E-state index in [-0.39, 0.29) is 5.91 Å². The van der Waals surface area contributed by atoms with E-state index in [2.05, 4.69) is 10.1 Å². The highest BCUT2D eigenvalue weighted by molar-refractivity contribution is 5.97. The van der Waals surface area contributed by atoms with E-state index in [1.807, 2.05) is 24.9 Å². The van der Waals surface area contributed by atoms with Gasteiger partial charge in [0.25, 0.3) is 5.91 Å². The van der Waals surface area contributed by atoms with Gasteiger partial charge in [-0.05, 0) is 6.92 Å². The lowest BCUT2D eigenvalue weighted by molar-refractivity contribution is -0.0505. The van der Waals surface area contributed by atoms with Crippen LogP contribution in [0.3, 0.4) is 0 Å². The fourth-order valence-electron chi connectivity index (χ4n) is 4.28. The summed E-state index contributed by atoms with van der Waals surface area (Å²) in [4.78, 5) is 17.8. The number of aliphatic hydroxyl groups is 1. The zero-order valence-electron chi connectivity index (χ0n) is 15.4. The van der Waals surface area contributed by atoms with Gasteiger partial charge in [-0.15, -0.1) is 0 Å². The smallest absolute Gasteiger partial charge is 0.270 e. The molecule has 1 spiro atoms. The molecule has 0 bridgehead atoms. The monoisotopic (exact) mass is 370 g/mol. The van der Waals surface area contributed by atoms with Crippen LogP contribution in [0.5, 0.6) is 5.75 Å². The maximum atomic E-state index is 12.8. The molecule has 5 heterocycles. The van der Waals surface area contributed by atoms with Crippen molar-refractivity contribution in [3.8, 4) is 5.75 Å². The first-order chi connectivity index (χ1) is 12.9. The van der Waals surface area contributed by atoms with Gasteiger partial charge in [0.15, 0.2) is 11.3 Å².